The van der Waals surface area contributed by atoms with Gasteiger partial charge in [0.05, 0.1) is 29.0 Å². The summed E-state index contributed by atoms with van der Waals surface area (Å²) in [6, 6.07) is 14.9. The minimum absolute atomic E-state index is 0.0234. The van der Waals surface area contributed by atoms with Crippen molar-refractivity contribution in [3.05, 3.63) is 87.2 Å². The van der Waals surface area contributed by atoms with Gasteiger partial charge in [0.1, 0.15) is 17.9 Å². The number of nitrogen functional groups attached to an aromatic ring is 1. The van der Waals surface area contributed by atoms with Crippen molar-refractivity contribution in [2.24, 2.45) is 0 Å². The molecule has 0 radical (unpaired) electrons. The van der Waals surface area contributed by atoms with E-state index in [0.717, 1.165) is 10.9 Å². The number of benzene rings is 2. The van der Waals surface area contributed by atoms with E-state index < -0.39 is 17.5 Å². The fourth-order valence-corrected chi connectivity index (χ4v) is 5.04. The number of aromatic hydroxyl groups is 1. The number of phenolic OH excluding ortho intramolecular Hbond substituents is 1. The number of rotatable bonds is 3. The summed E-state index contributed by atoms with van der Waals surface area (Å²) >= 11 is 0. The van der Waals surface area contributed by atoms with E-state index in [4.69, 9.17) is 20.2 Å². The Kier molecular flexibility index (Phi) is 4.66. The number of esters is 2. The van der Waals surface area contributed by atoms with E-state index in [1.807, 2.05) is 18.2 Å². The number of fused-ring (bicyclic) bond motifs is 5. The maximum atomic E-state index is 13.6. The van der Waals surface area contributed by atoms with Gasteiger partial charge in [0.25, 0.3) is 5.56 Å². The Morgan fingerprint density at radius 3 is 2.78 bits per heavy atom. The predicted octanol–water partition coefficient (Wildman–Crippen LogP) is 3.23. The first-order chi connectivity index (χ1) is 17.3. The Morgan fingerprint density at radius 2 is 2.00 bits per heavy atom. The summed E-state index contributed by atoms with van der Waals surface area (Å²) < 4.78 is 12.7. The Labute approximate surface area is 204 Å². The number of aromatic nitrogens is 2. The van der Waals surface area contributed by atoms with Gasteiger partial charge in [-0.05, 0) is 42.8 Å². The van der Waals surface area contributed by atoms with Gasteiger partial charge in [-0.3, -0.25) is 4.79 Å². The lowest BCUT2D eigenvalue weighted by Crippen LogP contribution is -2.47. The number of carbonyl (C=O) groups excluding carboxylic acids is 2. The Hall–Kier alpha value is -4.66. The third-order valence-corrected chi connectivity index (χ3v) is 6.94. The van der Waals surface area contributed by atoms with Crippen LogP contribution in [0.2, 0.25) is 0 Å². The molecule has 6 rings (SSSR count). The largest absolute Gasteiger partial charge is 0.507 e. The fraction of sp³-hybridized carbons (Fsp3) is 0.185. The molecule has 0 amide bonds. The molecule has 180 valence electrons. The zero-order valence-corrected chi connectivity index (χ0v) is 19.3. The number of nitrogens with zero attached hydrogens (tertiary/aromatic N) is 2. The van der Waals surface area contributed by atoms with Crippen LogP contribution in [-0.4, -0.2) is 26.6 Å². The standard InChI is InChI=1S/C27H21N3O6/c1-2-27(36-25(33)15-6-3-4-9-22(15)31)18-11-21-23-14(10-16-19(28)7-5-8-20(16)29-23)12-30(21)24(32)17(18)13-35-26(27)34/h3-11,31H,2,12-13,28H2,1H3/t27-/m0/s1. The van der Waals surface area contributed by atoms with Crippen LogP contribution in [0.1, 0.15) is 40.4 Å². The summed E-state index contributed by atoms with van der Waals surface area (Å²) in [5.41, 5.74) is 7.54. The van der Waals surface area contributed by atoms with Gasteiger partial charge in [-0.25, -0.2) is 14.6 Å². The van der Waals surface area contributed by atoms with Gasteiger partial charge in [0.15, 0.2) is 0 Å². The summed E-state index contributed by atoms with van der Waals surface area (Å²) in [5, 5.41) is 10.9. The summed E-state index contributed by atoms with van der Waals surface area (Å²) in [6.45, 7) is 1.72. The van der Waals surface area contributed by atoms with Gasteiger partial charge in [-0.1, -0.05) is 25.1 Å². The number of pyridine rings is 2. The van der Waals surface area contributed by atoms with E-state index in [9.17, 15) is 19.5 Å². The third kappa shape index (κ3) is 2.95. The summed E-state index contributed by atoms with van der Waals surface area (Å²) in [7, 11) is 0. The van der Waals surface area contributed by atoms with Crippen molar-refractivity contribution in [2.45, 2.75) is 32.1 Å². The fourth-order valence-electron chi connectivity index (χ4n) is 5.04. The van der Waals surface area contributed by atoms with Crippen LogP contribution in [0, 0.1) is 0 Å². The quantitative estimate of drug-likeness (QED) is 0.295. The molecule has 0 fully saturated rings. The SMILES string of the molecule is CC[C@@]1(OC(=O)c2ccccc2O)C(=O)OCc2c1cc1n(c2=O)Cc2cc3c(N)cccc3nc2-1. The number of anilines is 1. The van der Waals surface area contributed by atoms with Crippen molar-refractivity contribution in [3.63, 3.8) is 0 Å². The average molecular weight is 483 g/mol. The molecule has 4 aromatic rings. The van der Waals surface area contributed by atoms with Crippen LogP contribution in [0.5, 0.6) is 5.75 Å². The normalized spacial score (nSPS) is 17.8. The van der Waals surface area contributed by atoms with Crippen LogP contribution >= 0.6 is 0 Å². The molecular weight excluding hydrogens is 462 g/mol. The third-order valence-electron chi connectivity index (χ3n) is 6.94. The number of carbonyl (C=O) groups is 2. The first-order valence-corrected chi connectivity index (χ1v) is 11.5. The van der Waals surface area contributed by atoms with Crippen LogP contribution in [0.15, 0.2) is 59.4 Å². The van der Waals surface area contributed by atoms with Crippen LogP contribution in [0.4, 0.5) is 5.69 Å². The molecule has 0 unspecified atom stereocenters. The van der Waals surface area contributed by atoms with E-state index in [1.165, 1.54) is 12.1 Å². The summed E-state index contributed by atoms with van der Waals surface area (Å²) in [6.07, 6.45) is 0.0234. The molecule has 1 atom stereocenters. The van der Waals surface area contributed by atoms with Crippen LogP contribution in [-0.2, 0) is 33.0 Å². The van der Waals surface area contributed by atoms with Crippen LogP contribution < -0.4 is 11.3 Å². The first kappa shape index (κ1) is 21.8. The second-order valence-corrected chi connectivity index (χ2v) is 8.89. The topological polar surface area (TPSA) is 134 Å². The molecule has 0 aliphatic carbocycles. The van der Waals surface area contributed by atoms with E-state index in [1.54, 1.807) is 35.8 Å². The van der Waals surface area contributed by atoms with Crippen molar-refractivity contribution in [3.8, 4) is 17.1 Å². The lowest BCUT2D eigenvalue weighted by molar-refractivity contribution is -0.173. The lowest BCUT2D eigenvalue weighted by Gasteiger charge is -2.35. The molecule has 2 aliphatic heterocycles. The Bertz CT molecular complexity index is 1670. The van der Waals surface area contributed by atoms with E-state index in [-0.39, 0.29) is 41.0 Å². The second-order valence-electron chi connectivity index (χ2n) is 8.89. The van der Waals surface area contributed by atoms with Crippen molar-refractivity contribution < 1.29 is 24.2 Å². The van der Waals surface area contributed by atoms with Gasteiger partial charge in [0, 0.05) is 22.2 Å². The molecule has 0 saturated carbocycles. The first-order valence-electron chi connectivity index (χ1n) is 11.5. The van der Waals surface area contributed by atoms with E-state index in [2.05, 4.69) is 0 Å². The highest BCUT2D eigenvalue weighted by Gasteiger charge is 2.50. The molecule has 9 heteroatoms. The summed E-state index contributed by atoms with van der Waals surface area (Å²) in [4.78, 5) is 44.5. The molecule has 3 N–H and O–H groups in total. The van der Waals surface area contributed by atoms with Gasteiger partial charge in [0.2, 0.25) is 5.60 Å². The van der Waals surface area contributed by atoms with Crippen molar-refractivity contribution in [1.29, 1.82) is 0 Å². The molecule has 2 aliphatic rings. The number of nitrogens with two attached hydrogens (primary N) is 1. The van der Waals surface area contributed by atoms with Gasteiger partial charge in [-0.15, -0.1) is 0 Å². The molecule has 0 bridgehead atoms. The zero-order chi connectivity index (χ0) is 25.2. The maximum Gasteiger partial charge on any atom is 0.355 e. The number of para-hydroxylation sites is 1. The minimum Gasteiger partial charge on any atom is -0.507 e. The minimum atomic E-state index is -1.86. The number of hydrogen-bond acceptors (Lipinski definition) is 8. The van der Waals surface area contributed by atoms with Crippen molar-refractivity contribution in [2.75, 3.05) is 5.73 Å². The Morgan fingerprint density at radius 1 is 1.19 bits per heavy atom. The number of phenols is 1. The van der Waals surface area contributed by atoms with Gasteiger partial charge >= 0.3 is 11.9 Å². The highest BCUT2D eigenvalue weighted by atomic mass is 16.6. The molecule has 2 aromatic carbocycles. The van der Waals surface area contributed by atoms with Crippen LogP contribution in [0.3, 0.4) is 0 Å². The van der Waals surface area contributed by atoms with E-state index in [0.29, 0.717) is 29.1 Å². The number of hydrogen-bond donors (Lipinski definition) is 2. The molecule has 0 saturated heterocycles. The maximum absolute atomic E-state index is 13.6. The molecule has 36 heavy (non-hydrogen) atoms. The number of ether oxygens (including phenoxy) is 2. The molecule has 9 nitrogen and oxygen atoms in total. The highest BCUT2D eigenvalue weighted by Crippen LogP contribution is 2.41. The van der Waals surface area contributed by atoms with E-state index >= 15 is 0 Å². The Balaban J connectivity index is 1.54. The monoisotopic (exact) mass is 483 g/mol. The van der Waals surface area contributed by atoms with Crippen molar-refractivity contribution in [1.82, 2.24) is 9.55 Å². The van der Waals surface area contributed by atoms with Gasteiger partial charge in [-0.2, -0.15) is 0 Å². The molecule has 0 spiro atoms. The average Bonchev–Trinajstić information content (AvgIpc) is 3.23. The smallest absolute Gasteiger partial charge is 0.355 e. The zero-order valence-electron chi connectivity index (χ0n) is 19.3. The molecule has 4 heterocycles. The van der Waals surface area contributed by atoms with Crippen molar-refractivity contribution >= 4 is 28.5 Å². The van der Waals surface area contributed by atoms with Gasteiger partial charge < -0.3 is 24.9 Å². The lowest BCUT2D eigenvalue weighted by atomic mass is 9.85. The highest BCUT2D eigenvalue weighted by molar-refractivity contribution is 5.96. The van der Waals surface area contributed by atoms with Crippen LogP contribution in [0.25, 0.3) is 22.3 Å². The molecular formula is C27H21N3O6. The second kappa shape index (κ2) is 7.67. The molecule has 2 aromatic heterocycles. The number of cyclic esters (lactones) is 1. The summed E-state index contributed by atoms with van der Waals surface area (Å²) in [5.74, 6) is -1.96. The predicted molar refractivity (Wildman–Crippen MR) is 130 cm³/mol.